The fraction of sp³-hybridized carbons (Fsp3) is 0.643. The summed E-state index contributed by atoms with van der Waals surface area (Å²) in [6.07, 6.45) is 0.775. The van der Waals surface area contributed by atoms with Crippen molar-refractivity contribution in [3.05, 3.63) is 27.4 Å². The molecule has 0 atom stereocenters. The zero-order valence-electron chi connectivity index (χ0n) is 12.6. The van der Waals surface area contributed by atoms with Crippen LogP contribution in [0.25, 0.3) is 0 Å². The molecule has 20 heavy (non-hydrogen) atoms. The number of H-pyrrole nitrogens is 1. The minimum atomic E-state index is -0.391. The number of aryl methyl sites for hydroxylation is 2. The molecule has 0 fully saturated rings. The Morgan fingerprint density at radius 1 is 1.40 bits per heavy atom. The van der Waals surface area contributed by atoms with Crippen LogP contribution in [0.5, 0.6) is 0 Å². The minimum Gasteiger partial charge on any atom is -0.396 e. The van der Waals surface area contributed by atoms with Gasteiger partial charge < -0.3 is 15.0 Å². The predicted octanol–water partition coefficient (Wildman–Crippen LogP) is 0.549. The van der Waals surface area contributed by atoms with E-state index in [1.165, 1.54) is 0 Å². The van der Waals surface area contributed by atoms with E-state index in [1.807, 2.05) is 13.8 Å². The summed E-state index contributed by atoms with van der Waals surface area (Å²) in [5.74, 6) is -0.0199. The standard InChI is InChI=1S/C14H23N3O3/c1-9(2)17(6-5-7-18)13(19)8-12-10(3)15-14(20)16-11(12)4/h9,18H,5-8H2,1-4H3,(H,15,16,20). The molecule has 112 valence electrons. The van der Waals surface area contributed by atoms with Gasteiger partial charge in [0.1, 0.15) is 0 Å². The maximum absolute atomic E-state index is 12.4. The maximum atomic E-state index is 12.4. The predicted molar refractivity (Wildman–Crippen MR) is 76.6 cm³/mol. The lowest BCUT2D eigenvalue weighted by Crippen LogP contribution is -2.39. The van der Waals surface area contributed by atoms with Gasteiger partial charge in [-0.25, -0.2) is 4.79 Å². The molecule has 0 saturated heterocycles. The second-order valence-corrected chi connectivity index (χ2v) is 5.17. The number of nitrogens with zero attached hydrogens (tertiary/aromatic N) is 2. The van der Waals surface area contributed by atoms with Gasteiger partial charge in [0, 0.05) is 36.1 Å². The smallest absolute Gasteiger partial charge is 0.345 e. The Kier molecular flexibility index (Phi) is 5.88. The third-order valence-corrected chi connectivity index (χ3v) is 3.28. The first-order valence-electron chi connectivity index (χ1n) is 6.83. The van der Waals surface area contributed by atoms with Crippen molar-refractivity contribution in [1.29, 1.82) is 0 Å². The van der Waals surface area contributed by atoms with Crippen molar-refractivity contribution in [2.45, 2.75) is 46.6 Å². The van der Waals surface area contributed by atoms with Crippen LogP contribution < -0.4 is 5.69 Å². The number of hydrogen-bond donors (Lipinski definition) is 2. The number of hydrogen-bond acceptors (Lipinski definition) is 4. The zero-order chi connectivity index (χ0) is 15.3. The molecule has 0 unspecified atom stereocenters. The van der Waals surface area contributed by atoms with Crippen molar-refractivity contribution < 1.29 is 9.90 Å². The normalized spacial score (nSPS) is 10.9. The van der Waals surface area contributed by atoms with Crippen molar-refractivity contribution >= 4 is 5.91 Å². The molecule has 1 amide bonds. The van der Waals surface area contributed by atoms with E-state index in [-0.39, 0.29) is 25.0 Å². The SMILES string of the molecule is Cc1nc(=O)[nH]c(C)c1CC(=O)N(CCCO)C(C)C. The average molecular weight is 281 g/mol. The van der Waals surface area contributed by atoms with E-state index in [1.54, 1.807) is 18.7 Å². The van der Waals surface area contributed by atoms with Crippen LogP contribution in [0.15, 0.2) is 4.79 Å². The Bertz CT molecular complexity index is 497. The Hall–Kier alpha value is -1.69. The topological polar surface area (TPSA) is 86.3 Å². The number of aliphatic hydroxyl groups is 1. The Morgan fingerprint density at radius 2 is 2.05 bits per heavy atom. The molecule has 1 heterocycles. The molecule has 1 rings (SSSR count). The number of amides is 1. The number of carbonyl (C=O) groups is 1. The van der Waals surface area contributed by atoms with Crippen LogP contribution in [0.3, 0.4) is 0 Å². The van der Waals surface area contributed by atoms with Gasteiger partial charge in [0.25, 0.3) is 0 Å². The van der Waals surface area contributed by atoms with Crippen molar-refractivity contribution in [3.8, 4) is 0 Å². The molecule has 0 saturated carbocycles. The van der Waals surface area contributed by atoms with Crippen LogP contribution in [-0.2, 0) is 11.2 Å². The molecule has 0 radical (unpaired) electrons. The highest BCUT2D eigenvalue weighted by molar-refractivity contribution is 5.79. The van der Waals surface area contributed by atoms with E-state index >= 15 is 0 Å². The molecule has 0 spiro atoms. The van der Waals surface area contributed by atoms with Gasteiger partial charge in [-0.2, -0.15) is 4.98 Å². The summed E-state index contributed by atoms with van der Waals surface area (Å²) in [6.45, 7) is 7.99. The van der Waals surface area contributed by atoms with Crippen molar-refractivity contribution in [2.75, 3.05) is 13.2 Å². The third-order valence-electron chi connectivity index (χ3n) is 3.28. The van der Waals surface area contributed by atoms with Gasteiger partial charge in [-0.15, -0.1) is 0 Å². The lowest BCUT2D eigenvalue weighted by Gasteiger charge is -2.27. The van der Waals surface area contributed by atoms with Crippen LogP contribution in [0.1, 0.15) is 37.2 Å². The lowest BCUT2D eigenvalue weighted by molar-refractivity contribution is -0.132. The molecule has 0 aliphatic rings. The van der Waals surface area contributed by atoms with E-state index in [2.05, 4.69) is 9.97 Å². The van der Waals surface area contributed by atoms with Crippen molar-refractivity contribution in [1.82, 2.24) is 14.9 Å². The molecule has 6 nitrogen and oxygen atoms in total. The number of nitrogens with one attached hydrogen (secondary N) is 1. The first kappa shape index (κ1) is 16.4. The van der Waals surface area contributed by atoms with Crippen LogP contribution in [0, 0.1) is 13.8 Å². The van der Waals surface area contributed by atoms with Crippen LogP contribution >= 0.6 is 0 Å². The minimum absolute atomic E-state index is 0.0199. The molecule has 0 aliphatic carbocycles. The number of aliphatic hydroxyl groups excluding tert-OH is 1. The fourth-order valence-electron chi connectivity index (χ4n) is 2.18. The average Bonchev–Trinajstić information content (AvgIpc) is 2.33. The molecular formula is C14H23N3O3. The summed E-state index contributed by atoms with van der Waals surface area (Å²) in [5, 5.41) is 8.90. The Labute approximate surface area is 118 Å². The highest BCUT2D eigenvalue weighted by atomic mass is 16.3. The van der Waals surface area contributed by atoms with Gasteiger partial charge in [0.05, 0.1) is 6.42 Å². The van der Waals surface area contributed by atoms with Gasteiger partial charge in [0.15, 0.2) is 0 Å². The summed E-state index contributed by atoms with van der Waals surface area (Å²) < 4.78 is 0. The molecule has 1 aromatic heterocycles. The summed E-state index contributed by atoms with van der Waals surface area (Å²) in [4.78, 5) is 31.8. The van der Waals surface area contributed by atoms with E-state index < -0.39 is 5.69 Å². The summed E-state index contributed by atoms with van der Waals surface area (Å²) in [5.41, 5.74) is 1.65. The highest BCUT2D eigenvalue weighted by Crippen LogP contribution is 2.11. The van der Waals surface area contributed by atoms with E-state index in [0.29, 0.717) is 24.4 Å². The van der Waals surface area contributed by atoms with Crippen LogP contribution in [0.4, 0.5) is 0 Å². The van der Waals surface area contributed by atoms with Gasteiger partial charge >= 0.3 is 5.69 Å². The fourth-order valence-corrected chi connectivity index (χ4v) is 2.18. The van der Waals surface area contributed by atoms with Crippen molar-refractivity contribution in [3.63, 3.8) is 0 Å². The van der Waals surface area contributed by atoms with E-state index in [0.717, 1.165) is 5.56 Å². The molecule has 0 aliphatic heterocycles. The maximum Gasteiger partial charge on any atom is 0.345 e. The van der Waals surface area contributed by atoms with E-state index in [9.17, 15) is 9.59 Å². The zero-order valence-corrected chi connectivity index (χ0v) is 12.6. The number of rotatable bonds is 6. The third kappa shape index (κ3) is 4.16. The summed E-state index contributed by atoms with van der Waals surface area (Å²) >= 11 is 0. The quantitative estimate of drug-likeness (QED) is 0.797. The van der Waals surface area contributed by atoms with Crippen LogP contribution in [-0.4, -0.2) is 45.1 Å². The number of aromatic nitrogens is 2. The number of carbonyl (C=O) groups excluding carboxylic acids is 1. The molecule has 2 N–H and O–H groups in total. The first-order valence-corrected chi connectivity index (χ1v) is 6.83. The van der Waals surface area contributed by atoms with Gasteiger partial charge in [-0.1, -0.05) is 0 Å². The van der Waals surface area contributed by atoms with Crippen molar-refractivity contribution in [2.24, 2.45) is 0 Å². The second-order valence-electron chi connectivity index (χ2n) is 5.17. The molecule has 0 bridgehead atoms. The van der Waals surface area contributed by atoms with E-state index in [4.69, 9.17) is 5.11 Å². The van der Waals surface area contributed by atoms with Crippen LogP contribution in [0.2, 0.25) is 0 Å². The molecule has 0 aromatic carbocycles. The summed E-state index contributed by atoms with van der Waals surface area (Å²) in [6, 6.07) is 0.0744. The Morgan fingerprint density at radius 3 is 2.55 bits per heavy atom. The Balaban J connectivity index is 2.91. The van der Waals surface area contributed by atoms with Gasteiger partial charge in [-0.05, 0) is 34.1 Å². The largest absolute Gasteiger partial charge is 0.396 e. The summed E-state index contributed by atoms with van der Waals surface area (Å²) in [7, 11) is 0. The monoisotopic (exact) mass is 281 g/mol. The lowest BCUT2D eigenvalue weighted by atomic mass is 10.1. The number of aromatic amines is 1. The van der Waals surface area contributed by atoms with Gasteiger partial charge in [-0.3, -0.25) is 4.79 Å². The molecule has 1 aromatic rings. The second kappa shape index (κ2) is 7.19. The highest BCUT2D eigenvalue weighted by Gasteiger charge is 2.19. The molecule has 6 heteroatoms. The van der Waals surface area contributed by atoms with Gasteiger partial charge in [0.2, 0.25) is 5.91 Å². The first-order chi connectivity index (χ1) is 9.36. The molecular weight excluding hydrogens is 258 g/mol.